The Kier molecular flexibility index (Phi) is 8.94. The quantitative estimate of drug-likeness (QED) is 0.469. The second-order valence-electron chi connectivity index (χ2n) is 5.42. The molecule has 0 aliphatic carbocycles. The molecular formula is C19H19ClFNO4S. The third-order valence-corrected chi connectivity index (χ3v) is 4.37. The maximum Gasteiger partial charge on any atom is 0.315 e. The molecule has 1 N–H and O–H groups in total. The third kappa shape index (κ3) is 8.79. The Balaban J connectivity index is 1.51. The molecule has 0 saturated heterocycles. The summed E-state index contributed by atoms with van der Waals surface area (Å²) in [5, 5.41) is 3.30. The van der Waals surface area contributed by atoms with Gasteiger partial charge in [0.2, 0.25) is 5.91 Å². The summed E-state index contributed by atoms with van der Waals surface area (Å²) in [4.78, 5) is 23.4. The van der Waals surface area contributed by atoms with E-state index in [1.807, 2.05) is 0 Å². The van der Waals surface area contributed by atoms with Gasteiger partial charge < -0.3 is 14.8 Å². The average Bonchev–Trinajstić information content (AvgIpc) is 2.65. The van der Waals surface area contributed by atoms with Gasteiger partial charge in [-0.15, -0.1) is 11.8 Å². The van der Waals surface area contributed by atoms with E-state index in [9.17, 15) is 14.0 Å². The molecule has 8 heteroatoms. The van der Waals surface area contributed by atoms with Gasteiger partial charge in [-0.25, -0.2) is 4.39 Å². The summed E-state index contributed by atoms with van der Waals surface area (Å²) in [6.45, 7) is 0.577. The monoisotopic (exact) mass is 411 g/mol. The Labute approximate surface area is 166 Å². The van der Waals surface area contributed by atoms with Gasteiger partial charge in [0.25, 0.3) is 0 Å². The molecule has 0 atom stereocenters. The van der Waals surface area contributed by atoms with Crippen molar-refractivity contribution in [3.05, 3.63) is 59.4 Å². The zero-order valence-corrected chi connectivity index (χ0v) is 16.0. The van der Waals surface area contributed by atoms with Crippen molar-refractivity contribution in [2.75, 3.05) is 30.0 Å². The first kappa shape index (κ1) is 21.1. The molecule has 2 aromatic carbocycles. The van der Waals surface area contributed by atoms with Gasteiger partial charge >= 0.3 is 5.97 Å². The van der Waals surface area contributed by atoms with E-state index in [1.54, 1.807) is 24.3 Å². The lowest BCUT2D eigenvalue weighted by Crippen LogP contribution is -2.16. The molecule has 0 aliphatic heterocycles. The highest BCUT2D eigenvalue weighted by molar-refractivity contribution is 8.00. The number of hydrogen-bond acceptors (Lipinski definition) is 5. The van der Waals surface area contributed by atoms with Crippen LogP contribution in [0.5, 0.6) is 5.75 Å². The van der Waals surface area contributed by atoms with E-state index < -0.39 is 0 Å². The van der Waals surface area contributed by atoms with Crippen LogP contribution in [-0.2, 0) is 14.3 Å². The molecule has 0 bridgehead atoms. The van der Waals surface area contributed by atoms with Gasteiger partial charge in [0.05, 0.1) is 24.7 Å². The number of carbonyl (C=O) groups is 2. The van der Waals surface area contributed by atoms with Crippen molar-refractivity contribution >= 4 is 40.9 Å². The number of anilines is 1. The lowest BCUT2D eigenvalue weighted by molar-refractivity contribution is -0.140. The van der Waals surface area contributed by atoms with Crippen molar-refractivity contribution in [1.29, 1.82) is 0 Å². The Morgan fingerprint density at radius 1 is 1.00 bits per heavy atom. The fourth-order valence-corrected chi connectivity index (χ4v) is 2.70. The minimum absolute atomic E-state index is 0.0901. The number of esters is 1. The zero-order chi connectivity index (χ0) is 19.5. The summed E-state index contributed by atoms with van der Waals surface area (Å²) < 4.78 is 23.2. The number of ether oxygens (including phenoxy) is 2. The number of carbonyl (C=O) groups excluding carboxylic acids is 2. The minimum atomic E-state index is -0.388. The van der Waals surface area contributed by atoms with Crippen LogP contribution in [-0.4, -0.2) is 36.6 Å². The molecule has 2 aromatic rings. The SMILES string of the molecule is O=C(CSCC(=O)OCCCOc1ccc(F)cc1)Nc1ccc(Cl)cc1. The van der Waals surface area contributed by atoms with E-state index >= 15 is 0 Å². The molecule has 0 aromatic heterocycles. The highest BCUT2D eigenvalue weighted by Crippen LogP contribution is 2.14. The molecule has 0 unspecified atom stereocenters. The van der Waals surface area contributed by atoms with Crippen molar-refractivity contribution < 1.29 is 23.5 Å². The molecule has 144 valence electrons. The summed E-state index contributed by atoms with van der Waals surface area (Å²) in [5.74, 6) is -0.123. The van der Waals surface area contributed by atoms with Gasteiger partial charge in [-0.05, 0) is 48.5 Å². The highest BCUT2D eigenvalue weighted by Gasteiger charge is 2.07. The average molecular weight is 412 g/mol. The smallest absolute Gasteiger partial charge is 0.315 e. The lowest BCUT2D eigenvalue weighted by atomic mass is 10.3. The van der Waals surface area contributed by atoms with Crippen LogP contribution >= 0.6 is 23.4 Å². The molecule has 5 nitrogen and oxygen atoms in total. The van der Waals surface area contributed by atoms with E-state index in [1.165, 1.54) is 36.0 Å². The second kappa shape index (κ2) is 11.5. The maximum atomic E-state index is 12.7. The van der Waals surface area contributed by atoms with Crippen molar-refractivity contribution in [3.63, 3.8) is 0 Å². The number of nitrogens with one attached hydrogen (secondary N) is 1. The fourth-order valence-electron chi connectivity index (χ4n) is 1.96. The normalized spacial score (nSPS) is 10.3. The predicted octanol–water partition coefficient (Wildman–Crippen LogP) is 4.16. The number of rotatable bonds is 10. The summed E-state index contributed by atoms with van der Waals surface area (Å²) in [5.41, 5.74) is 0.647. The van der Waals surface area contributed by atoms with E-state index in [4.69, 9.17) is 21.1 Å². The maximum absolute atomic E-state index is 12.7. The largest absolute Gasteiger partial charge is 0.493 e. The summed E-state index contributed by atoms with van der Waals surface area (Å²) in [7, 11) is 0. The van der Waals surface area contributed by atoms with Crippen molar-refractivity contribution in [2.45, 2.75) is 6.42 Å². The number of halogens is 2. The number of amides is 1. The number of benzene rings is 2. The van der Waals surface area contributed by atoms with Gasteiger partial charge in [0.15, 0.2) is 0 Å². The minimum Gasteiger partial charge on any atom is -0.493 e. The molecule has 0 fully saturated rings. The molecule has 1 amide bonds. The number of thioether (sulfide) groups is 1. The number of hydrogen-bond donors (Lipinski definition) is 1. The van der Waals surface area contributed by atoms with Gasteiger partial charge in [0, 0.05) is 17.1 Å². The lowest BCUT2D eigenvalue weighted by Gasteiger charge is -2.07. The predicted molar refractivity (Wildman–Crippen MR) is 105 cm³/mol. The van der Waals surface area contributed by atoms with Crippen LogP contribution < -0.4 is 10.1 Å². The standard InChI is InChI=1S/C19H19ClFNO4S/c20-14-2-6-16(7-3-14)22-18(23)12-27-13-19(24)26-11-1-10-25-17-8-4-15(21)5-9-17/h2-9H,1,10-13H2,(H,22,23). The Morgan fingerprint density at radius 3 is 2.41 bits per heavy atom. The molecule has 0 heterocycles. The van der Waals surface area contributed by atoms with Crippen LogP contribution in [0.15, 0.2) is 48.5 Å². The van der Waals surface area contributed by atoms with Crippen molar-refractivity contribution in [3.8, 4) is 5.75 Å². The van der Waals surface area contributed by atoms with Crippen LogP contribution in [0, 0.1) is 5.82 Å². The van der Waals surface area contributed by atoms with E-state index in [0.717, 1.165) is 0 Å². The summed E-state index contributed by atoms with van der Waals surface area (Å²) in [6.07, 6.45) is 0.519. The summed E-state index contributed by atoms with van der Waals surface area (Å²) >= 11 is 6.95. The Bertz CT molecular complexity index is 740. The topological polar surface area (TPSA) is 64.6 Å². The summed E-state index contributed by atoms with van der Waals surface area (Å²) in [6, 6.07) is 12.5. The Morgan fingerprint density at radius 2 is 1.70 bits per heavy atom. The fraction of sp³-hybridized carbons (Fsp3) is 0.263. The molecule has 0 radical (unpaired) electrons. The van der Waals surface area contributed by atoms with E-state index in [0.29, 0.717) is 29.5 Å². The highest BCUT2D eigenvalue weighted by atomic mass is 35.5. The van der Waals surface area contributed by atoms with Gasteiger partial charge in [-0.2, -0.15) is 0 Å². The van der Waals surface area contributed by atoms with Crippen LogP contribution in [0.3, 0.4) is 0 Å². The molecular weight excluding hydrogens is 393 g/mol. The van der Waals surface area contributed by atoms with E-state index in [-0.39, 0.29) is 35.8 Å². The third-order valence-electron chi connectivity index (χ3n) is 3.22. The molecule has 27 heavy (non-hydrogen) atoms. The zero-order valence-electron chi connectivity index (χ0n) is 14.5. The first-order valence-electron chi connectivity index (χ1n) is 8.20. The van der Waals surface area contributed by atoms with Crippen molar-refractivity contribution in [1.82, 2.24) is 0 Å². The molecule has 0 spiro atoms. The second-order valence-corrected chi connectivity index (χ2v) is 6.85. The van der Waals surface area contributed by atoms with Crippen LogP contribution in [0.4, 0.5) is 10.1 Å². The molecule has 0 aliphatic rings. The van der Waals surface area contributed by atoms with Crippen LogP contribution in [0.25, 0.3) is 0 Å². The van der Waals surface area contributed by atoms with Gasteiger partial charge in [-0.1, -0.05) is 11.6 Å². The van der Waals surface area contributed by atoms with Gasteiger partial charge in [-0.3, -0.25) is 9.59 Å². The van der Waals surface area contributed by atoms with Crippen LogP contribution in [0.1, 0.15) is 6.42 Å². The first-order chi connectivity index (χ1) is 13.0. The van der Waals surface area contributed by atoms with Crippen LogP contribution in [0.2, 0.25) is 5.02 Å². The van der Waals surface area contributed by atoms with Gasteiger partial charge in [0.1, 0.15) is 11.6 Å². The molecule has 0 saturated carbocycles. The molecule has 2 rings (SSSR count). The first-order valence-corrected chi connectivity index (χ1v) is 9.73. The van der Waals surface area contributed by atoms with Crippen molar-refractivity contribution in [2.24, 2.45) is 0 Å². The van der Waals surface area contributed by atoms with E-state index in [2.05, 4.69) is 5.32 Å². The Hall–Kier alpha value is -2.25.